The normalized spacial score (nSPS) is 9.33. The summed E-state index contributed by atoms with van der Waals surface area (Å²) in [5.41, 5.74) is 1.94. The van der Waals surface area contributed by atoms with Crippen LogP contribution >= 0.6 is 0 Å². The van der Waals surface area contributed by atoms with Crippen LogP contribution in [-0.2, 0) is 0 Å². The Kier molecular flexibility index (Phi) is 3.07. The molecule has 0 bridgehead atoms. The molecule has 0 radical (unpaired) electrons. The molecule has 0 fully saturated rings. The van der Waals surface area contributed by atoms with Crippen molar-refractivity contribution in [3.63, 3.8) is 0 Å². The van der Waals surface area contributed by atoms with E-state index in [4.69, 9.17) is 0 Å². The lowest BCUT2D eigenvalue weighted by Crippen LogP contribution is -2.21. The van der Waals surface area contributed by atoms with Gasteiger partial charge < -0.3 is 5.32 Å². The molecule has 0 heterocycles. The van der Waals surface area contributed by atoms with Gasteiger partial charge in [0.05, 0.1) is 0 Å². The van der Waals surface area contributed by atoms with E-state index in [0.29, 0.717) is 6.04 Å². The SMILES string of the molecule is C=C(C)C(=C)NC(C)C. The van der Waals surface area contributed by atoms with Crippen LogP contribution in [0.25, 0.3) is 0 Å². The van der Waals surface area contributed by atoms with Gasteiger partial charge in [-0.1, -0.05) is 13.2 Å². The van der Waals surface area contributed by atoms with Crippen molar-refractivity contribution < 1.29 is 0 Å². The fourth-order valence-electron chi connectivity index (χ4n) is 0.472. The molecule has 9 heavy (non-hydrogen) atoms. The Balaban J connectivity index is 3.65. The second kappa shape index (κ2) is 3.33. The van der Waals surface area contributed by atoms with Crippen molar-refractivity contribution in [2.24, 2.45) is 0 Å². The molecule has 1 nitrogen and oxygen atoms in total. The van der Waals surface area contributed by atoms with Crippen molar-refractivity contribution in [3.8, 4) is 0 Å². The van der Waals surface area contributed by atoms with Crippen LogP contribution in [0.15, 0.2) is 24.4 Å². The first-order valence-corrected chi connectivity index (χ1v) is 3.15. The lowest BCUT2D eigenvalue weighted by molar-refractivity contribution is 0.677. The highest BCUT2D eigenvalue weighted by Gasteiger charge is 1.94. The highest BCUT2D eigenvalue weighted by molar-refractivity contribution is 5.20. The summed E-state index contributed by atoms with van der Waals surface area (Å²) in [5, 5.41) is 3.15. The molecule has 0 rings (SSSR count). The van der Waals surface area contributed by atoms with Crippen molar-refractivity contribution in [1.29, 1.82) is 0 Å². The summed E-state index contributed by atoms with van der Waals surface area (Å²) >= 11 is 0. The molecule has 0 aromatic rings. The maximum Gasteiger partial charge on any atom is 0.0292 e. The molecular formula is C8H15N. The molecule has 0 aromatic carbocycles. The summed E-state index contributed by atoms with van der Waals surface area (Å²) in [6.45, 7) is 13.6. The van der Waals surface area contributed by atoms with Crippen LogP contribution < -0.4 is 5.32 Å². The van der Waals surface area contributed by atoms with Crippen LogP contribution in [0.5, 0.6) is 0 Å². The van der Waals surface area contributed by atoms with Gasteiger partial charge in [-0.25, -0.2) is 0 Å². The van der Waals surface area contributed by atoms with E-state index in [1.807, 2.05) is 6.92 Å². The average Bonchev–Trinajstić information content (AvgIpc) is 1.63. The number of hydrogen-bond acceptors (Lipinski definition) is 1. The zero-order chi connectivity index (χ0) is 7.44. The van der Waals surface area contributed by atoms with Crippen LogP contribution in [0.4, 0.5) is 0 Å². The Morgan fingerprint density at radius 1 is 1.33 bits per heavy atom. The smallest absolute Gasteiger partial charge is 0.0292 e. The van der Waals surface area contributed by atoms with E-state index in [-0.39, 0.29) is 0 Å². The molecule has 0 saturated heterocycles. The van der Waals surface area contributed by atoms with Crippen molar-refractivity contribution in [3.05, 3.63) is 24.4 Å². The highest BCUT2D eigenvalue weighted by Crippen LogP contribution is 1.99. The lowest BCUT2D eigenvalue weighted by atomic mass is 10.2. The van der Waals surface area contributed by atoms with Gasteiger partial charge in [0, 0.05) is 11.7 Å². The Hall–Kier alpha value is -0.720. The third kappa shape index (κ3) is 3.83. The maximum absolute atomic E-state index is 3.78. The fraction of sp³-hybridized carbons (Fsp3) is 0.500. The predicted molar refractivity (Wildman–Crippen MR) is 42.2 cm³/mol. The maximum atomic E-state index is 3.78. The van der Waals surface area contributed by atoms with Gasteiger partial charge in [-0.2, -0.15) is 0 Å². The van der Waals surface area contributed by atoms with E-state index >= 15 is 0 Å². The van der Waals surface area contributed by atoms with E-state index in [0.717, 1.165) is 11.3 Å². The van der Waals surface area contributed by atoms with Gasteiger partial charge in [-0.05, 0) is 26.3 Å². The molecule has 0 spiro atoms. The minimum atomic E-state index is 0.453. The van der Waals surface area contributed by atoms with Gasteiger partial charge in [0.2, 0.25) is 0 Å². The van der Waals surface area contributed by atoms with Gasteiger partial charge in [0.15, 0.2) is 0 Å². The first-order chi connectivity index (χ1) is 4.04. The van der Waals surface area contributed by atoms with Gasteiger partial charge in [-0.3, -0.25) is 0 Å². The molecule has 0 saturated carbocycles. The molecule has 52 valence electrons. The summed E-state index contributed by atoms with van der Waals surface area (Å²) in [5.74, 6) is 0. The molecule has 0 amide bonds. The van der Waals surface area contributed by atoms with Gasteiger partial charge in [0.25, 0.3) is 0 Å². The Morgan fingerprint density at radius 2 is 1.78 bits per heavy atom. The molecule has 0 aliphatic heterocycles. The molecule has 0 aliphatic rings. The standard InChI is InChI=1S/C8H15N/c1-6(2)8(5)9-7(3)4/h7,9H,1,5H2,2-4H3. The summed E-state index contributed by atoms with van der Waals surface area (Å²) in [7, 11) is 0. The van der Waals surface area contributed by atoms with Crippen molar-refractivity contribution in [2.45, 2.75) is 26.8 Å². The molecule has 0 atom stereocenters. The van der Waals surface area contributed by atoms with Crippen LogP contribution in [0, 0.1) is 0 Å². The number of rotatable bonds is 3. The quantitative estimate of drug-likeness (QED) is 0.569. The summed E-state index contributed by atoms with van der Waals surface area (Å²) in [6.07, 6.45) is 0. The van der Waals surface area contributed by atoms with Gasteiger partial charge in [-0.15, -0.1) is 0 Å². The summed E-state index contributed by atoms with van der Waals surface area (Å²) in [6, 6.07) is 0.453. The second-order valence-corrected chi connectivity index (χ2v) is 2.56. The van der Waals surface area contributed by atoms with Crippen molar-refractivity contribution in [2.75, 3.05) is 0 Å². The number of nitrogens with one attached hydrogen (secondary N) is 1. The first-order valence-electron chi connectivity index (χ1n) is 3.15. The van der Waals surface area contributed by atoms with E-state index in [1.165, 1.54) is 0 Å². The average molecular weight is 125 g/mol. The summed E-state index contributed by atoms with van der Waals surface area (Å²) < 4.78 is 0. The zero-order valence-corrected chi connectivity index (χ0v) is 6.49. The fourth-order valence-corrected chi connectivity index (χ4v) is 0.472. The second-order valence-electron chi connectivity index (χ2n) is 2.56. The molecule has 0 aromatic heterocycles. The first kappa shape index (κ1) is 8.28. The monoisotopic (exact) mass is 125 g/mol. The molecule has 1 heteroatoms. The Bertz CT molecular complexity index is 123. The largest absolute Gasteiger partial charge is 0.383 e. The van der Waals surface area contributed by atoms with Crippen molar-refractivity contribution >= 4 is 0 Å². The highest BCUT2D eigenvalue weighted by atomic mass is 14.9. The van der Waals surface area contributed by atoms with Crippen LogP contribution in [0.2, 0.25) is 0 Å². The van der Waals surface area contributed by atoms with Gasteiger partial charge in [0.1, 0.15) is 0 Å². The molecule has 1 N–H and O–H groups in total. The van der Waals surface area contributed by atoms with E-state index in [2.05, 4.69) is 32.3 Å². The molecular weight excluding hydrogens is 110 g/mol. The Morgan fingerprint density at radius 3 is 1.89 bits per heavy atom. The topological polar surface area (TPSA) is 12.0 Å². The van der Waals surface area contributed by atoms with Crippen LogP contribution in [0.3, 0.4) is 0 Å². The lowest BCUT2D eigenvalue weighted by Gasteiger charge is -2.11. The van der Waals surface area contributed by atoms with Crippen LogP contribution in [0.1, 0.15) is 20.8 Å². The van der Waals surface area contributed by atoms with E-state index < -0.39 is 0 Å². The van der Waals surface area contributed by atoms with Crippen molar-refractivity contribution in [1.82, 2.24) is 5.32 Å². The molecule has 0 aliphatic carbocycles. The zero-order valence-electron chi connectivity index (χ0n) is 6.49. The van der Waals surface area contributed by atoms with Gasteiger partial charge >= 0.3 is 0 Å². The van der Waals surface area contributed by atoms with E-state index in [9.17, 15) is 0 Å². The minimum absolute atomic E-state index is 0.453. The minimum Gasteiger partial charge on any atom is -0.383 e. The van der Waals surface area contributed by atoms with E-state index in [1.54, 1.807) is 0 Å². The summed E-state index contributed by atoms with van der Waals surface area (Å²) in [4.78, 5) is 0. The third-order valence-corrected chi connectivity index (χ3v) is 0.978. The number of allylic oxidation sites excluding steroid dienone is 1. The van der Waals surface area contributed by atoms with Crippen LogP contribution in [-0.4, -0.2) is 6.04 Å². The number of hydrogen-bond donors (Lipinski definition) is 1. The third-order valence-electron chi connectivity index (χ3n) is 0.978. The molecule has 0 unspecified atom stereocenters. The predicted octanol–water partition coefficient (Wildman–Crippen LogP) is 2.07. The Labute approximate surface area is 57.5 Å².